The molecule has 0 atom stereocenters. The summed E-state index contributed by atoms with van der Waals surface area (Å²) in [6.45, 7) is 5.25. The molecular weight excluding hydrogens is 304 g/mol. The number of aromatic nitrogens is 1. The third kappa shape index (κ3) is 3.09. The fraction of sp³-hybridized carbons (Fsp3) is 0.526. The molecule has 0 saturated heterocycles. The van der Waals surface area contributed by atoms with E-state index in [-0.39, 0.29) is 5.91 Å². The van der Waals surface area contributed by atoms with Gasteiger partial charge in [-0.2, -0.15) is 11.3 Å². The van der Waals surface area contributed by atoms with Crippen LogP contribution in [0.15, 0.2) is 16.8 Å². The number of nitrogens with zero attached hydrogens (tertiary/aromatic N) is 1. The fourth-order valence-corrected chi connectivity index (χ4v) is 4.71. The first-order valence-electron chi connectivity index (χ1n) is 8.67. The Bertz CT molecular complexity index is 679. The van der Waals surface area contributed by atoms with Gasteiger partial charge in [0.1, 0.15) is 0 Å². The number of nitrogens with two attached hydrogens (primary N) is 1. The standard InChI is InChI=1S/C19H26N2OS/c1-3-16-18(15-9-10-23-12-15)17(19(20)22)13(2)21(16)11-14-7-5-4-6-8-14/h9-10,12,14H,3-8,11H2,1-2H3,(H2,20,22). The topological polar surface area (TPSA) is 48.0 Å². The van der Waals surface area contributed by atoms with Gasteiger partial charge >= 0.3 is 0 Å². The SMILES string of the molecule is CCc1c(-c2ccsc2)c(C(N)=O)c(C)n1CC1CCCCC1. The summed E-state index contributed by atoms with van der Waals surface area (Å²) < 4.78 is 2.38. The van der Waals surface area contributed by atoms with Crippen LogP contribution in [0.1, 0.15) is 60.8 Å². The molecule has 2 heterocycles. The summed E-state index contributed by atoms with van der Waals surface area (Å²) in [5.74, 6) is 0.428. The average molecular weight is 330 g/mol. The highest BCUT2D eigenvalue weighted by molar-refractivity contribution is 7.08. The number of amides is 1. The monoisotopic (exact) mass is 330 g/mol. The Morgan fingerprint density at radius 2 is 2.09 bits per heavy atom. The molecule has 0 aliphatic heterocycles. The molecule has 1 fully saturated rings. The van der Waals surface area contributed by atoms with E-state index in [2.05, 4.69) is 35.2 Å². The molecule has 4 heteroatoms. The lowest BCUT2D eigenvalue weighted by Gasteiger charge is -2.24. The molecule has 0 unspecified atom stereocenters. The van der Waals surface area contributed by atoms with Crippen molar-refractivity contribution in [1.29, 1.82) is 0 Å². The molecule has 2 aromatic rings. The Morgan fingerprint density at radius 1 is 1.35 bits per heavy atom. The summed E-state index contributed by atoms with van der Waals surface area (Å²) in [6, 6.07) is 2.09. The molecule has 0 aromatic carbocycles. The van der Waals surface area contributed by atoms with E-state index in [1.54, 1.807) is 11.3 Å². The first-order valence-corrected chi connectivity index (χ1v) is 9.62. The number of rotatable bonds is 5. The minimum Gasteiger partial charge on any atom is -0.366 e. The zero-order valence-electron chi connectivity index (χ0n) is 14.1. The molecule has 0 radical (unpaired) electrons. The highest BCUT2D eigenvalue weighted by Crippen LogP contribution is 2.36. The molecule has 1 saturated carbocycles. The Kier molecular flexibility index (Phi) is 4.90. The predicted molar refractivity (Wildman–Crippen MR) is 97.0 cm³/mol. The van der Waals surface area contributed by atoms with Gasteiger partial charge in [0.05, 0.1) is 5.56 Å². The van der Waals surface area contributed by atoms with Crippen LogP contribution in [0.3, 0.4) is 0 Å². The molecule has 2 aromatic heterocycles. The smallest absolute Gasteiger partial charge is 0.251 e. The van der Waals surface area contributed by atoms with Crippen LogP contribution in [0.4, 0.5) is 0 Å². The maximum Gasteiger partial charge on any atom is 0.251 e. The van der Waals surface area contributed by atoms with Crippen molar-refractivity contribution >= 4 is 17.2 Å². The molecule has 1 amide bonds. The maximum atomic E-state index is 12.1. The van der Waals surface area contributed by atoms with E-state index >= 15 is 0 Å². The van der Waals surface area contributed by atoms with Crippen LogP contribution in [-0.4, -0.2) is 10.5 Å². The van der Waals surface area contributed by atoms with Crippen LogP contribution in [0.5, 0.6) is 0 Å². The van der Waals surface area contributed by atoms with Gasteiger partial charge in [0, 0.05) is 23.5 Å². The second-order valence-corrected chi connectivity index (χ2v) is 7.41. The lowest BCUT2D eigenvalue weighted by molar-refractivity contribution is 0.1000. The number of carbonyl (C=O) groups excluding carboxylic acids is 1. The largest absolute Gasteiger partial charge is 0.366 e. The molecule has 1 aliphatic rings. The highest BCUT2D eigenvalue weighted by Gasteiger charge is 2.25. The summed E-state index contributed by atoms with van der Waals surface area (Å²) in [5, 5.41) is 4.18. The molecule has 1 aliphatic carbocycles. The molecule has 0 spiro atoms. The number of thiophene rings is 1. The summed E-state index contributed by atoms with van der Waals surface area (Å²) >= 11 is 1.66. The minimum absolute atomic E-state index is 0.305. The van der Waals surface area contributed by atoms with Gasteiger partial charge in [0.25, 0.3) is 5.91 Å². The summed E-state index contributed by atoms with van der Waals surface area (Å²) in [6.07, 6.45) is 7.58. The third-order valence-corrected chi connectivity index (χ3v) is 5.87. The second-order valence-electron chi connectivity index (χ2n) is 6.63. The van der Waals surface area contributed by atoms with Crippen molar-refractivity contribution in [2.45, 2.75) is 58.9 Å². The average Bonchev–Trinajstić information content (AvgIpc) is 3.15. The Morgan fingerprint density at radius 3 is 2.65 bits per heavy atom. The zero-order valence-corrected chi connectivity index (χ0v) is 14.9. The van der Waals surface area contributed by atoms with Crippen molar-refractivity contribution in [2.75, 3.05) is 0 Å². The first kappa shape index (κ1) is 16.3. The molecule has 0 bridgehead atoms. The van der Waals surface area contributed by atoms with E-state index in [1.165, 1.54) is 37.8 Å². The fourth-order valence-electron chi connectivity index (χ4n) is 4.06. The van der Waals surface area contributed by atoms with Gasteiger partial charge in [-0.25, -0.2) is 0 Å². The summed E-state index contributed by atoms with van der Waals surface area (Å²) in [5.41, 5.74) is 11.0. The third-order valence-electron chi connectivity index (χ3n) is 5.19. The van der Waals surface area contributed by atoms with Crippen molar-refractivity contribution in [2.24, 2.45) is 11.7 Å². The summed E-state index contributed by atoms with van der Waals surface area (Å²) in [7, 11) is 0. The maximum absolute atomic E-state index is 12.1. The Balaban J connectivity index is 2.08. The van der Waals surface area contributed by atoms with Gasteiger partial charge in [-0.05, 0) is 54.5 Å². The van der Waals surface area contributed by atoms with Crippen LogP contribution in [0.2, 0.25) is 0 Å². The minimum atomic E-state index is -0.305. The van der Waals surface area contributed by atoms with Crippen molar-refractivity contribution in [3.63, 3.8) is 0 Å². The molecular formula is C19H26N2OS. The number of hydrogen-bond acceptors (Lipinski definition) is 2. The molecule has 2 N–H and O–H groups in total. The van der Waals surface area contributed by atoms with Crippen molar-refractivity contribution in [1.82, 2.24) is 4.57 Å². The second kappa shape index (κ2) is 6.91. The molecule has 3 nitrogen and oxygen atoms in total. The van der Waals surface area contributed by atoms with Crippen LogP contribution in [-0.2, 0) is 13.0 Å². The van der Waals surface area contributed by atoms with Crippen molar-refractivity contribution < 1.29 is 4.79 Å². The van der Waals surface area contributed by atoms with Crippen LogP contribution in [0.25, 0.3) is 11.1 Å². The van der Waals surface area contributed by atoms with Crippen molar-refractivity contribution in [3.8, 4) is 11.1 Å². The number of primary amides is 1. The van der Waals surface area contributed by atoms with E-state index < -0.39 is 0 Å². The van der Waals surface area contributed by atoms with Gasteiger partial charge in [-0.3, -0.25) is 4.79 Å². The van der Waals surface area contributed by atoms with E-state index in [1.807, 2.05) is 0 Å². The van der Waals surface area contributed by atoms with Crippen LogP contribution < -0.4 is 5.73 Å². The molecule has 23 heavy (non-hydrogen) atoms. The predicted octanol–water partition coefficient (Wildman–Crippen LogP) is 4.77. The van der Waals surface area contributed by atoms with E-state index in [0.29, 0.717) is 0 Å². The zero-order chi connectivity index (χ0) is 16.4. The Hall–Kier alpha value is -1.55. The normalized spacial score (nSPS) is 15.9. The lowest BCUT2D eigenvalue weighted by atomic mass is 9.89. The highest BCUT2D eigenvalue weighted by atomic mass is 32.1. The molecule has 124 valence electrons. The van der Waals surface area contributed by atoms with E-state index in [4.69, 9.17) is 5.73 Å². The van der Waals surface area contributed by atoms with E-state index in [9.17, 15) is 4.79 Å². The lowest BCUT2D eigenvalue weighted by Crippen LogP contribution is -2.17. The number of hydrogen-bond donors (Lipinski definition) is 1. The molecule has 3 rings (SSSR count). The summed E-state index contributed by atoms with van der Waals surface area (Å²) in [4.78, 5) is 12.1. The van der Waals surface area contributed by atoms with Crippen molar-refractivity contribution in [3.05, 3.63) is 33.8 Å². The quantitative estimate of drug-likeness (QED) is 0.843. The van der Waals surface area contributed by atoms with Gasteiger partial charge in [-0.15, -0.1) is 0 Å². The van der Waals surface area contributed by atoms with Gasteiger partial charge < -0.3 is 10.3 Å². The first-order chi connectivity index (χ1) is 11.1. The van der Waals surface area contributed by atoms with Crippen LogP contribution >= 0.6 is 11.3 Å². The number of carbonyl (C=O) groups is 1. The van der Waals surface area contributed by atoms with E-state index in [0.717, 1.165) is 41.3 Å². The van der Waals surface area contributed by atoms with Crippen LogP contribution in [0, 0.1) is 12.8 Å². The van der Waals surface area contributed by atoms with Gasteiger partial charge in [-0.1, -0.05) is 26.2 Å². The Labute approximate surface area is 142 Å². The van der Waals surface area contributed by atoms with Gasteiger partial charge in [0.15, 0.2) is 0 Å². The van der Waals surface area contributed by atoms with Gasteiger partial charge in [0.2, 0.25) is 0 Å².